The highest BCUT2D eigenvalue weighted by Gasteiger charge is 2.37. The maximum absolute atomic E-state index is 13.3. The van der Waals surface area contributed by atoms with Gasteiger partial charge in [-0.1, -0.05) is 48.5 Å². The van der Waals surface area contributed by atoms with Gasteiger partial charge in [-0.25, -0.2) is 4.79 Å². The van der Waals surface area contributed by atoms with Gasteiger partial charge >= 0.3 is 5.97 Å². The molecule has 0 saturated carbocycles. The van der Waals surface area contributed by atoms with Gasteiger partial charge in [-0.15, -0.1) is 0 Å². The van der Waals surface area contributed by atoms with Gasteiger partial charge in [0.25, 0.3) is 5.91 Å². The van der Waals surface area contributed by atoms with Gasteiger partial charge in [-0.05, 0) is 41.0 Å². The van der Waals surface area contributed by atoms with Crippen LogP contribution in [-0.4, -0.2) is 28.9 Å². The monoisotopic (exact) mass is 384 g/mol. The number of carbonyl (C=O) groups excluding carboxylic acids is 2. The summed E-state index contributed by atoms with van der Waals surface area (Å²) in [4.78, 5) is 31.5. The van der Waals surface area contributed by atoms with Crippen molar-refractivity contribution >= 4 is 28.7 Å². The molecule has 1 amide bonds. The topological polar surface area (TPSA) is 59.5 Å². The molecule has 5 nitrogen and oxygen atoms in total. The molecule has 0 saturated heterocycles. The molecule has 0 atom stereocenters. The van der Waals surface area contributed by atoms with Gasteiger partial charge in [0.05, 0.1) is 24.8 Å². The van der Waals surface area contributed by atoms with Gasteiger partial charge in [0.2, 0.25) is 0 Å². The summed E-state index contributed by atoms with van der Waals surface area (Å²) in [5.74, 6) is -0.740. The van der Waals surface area contributed by atoms with Crippen LogP contribution in [0.25, 0.3) is 16.8 Å². The molecular weight excluding hydrogens is 364 g/mol. The second kappa shape index (κ2) is 7.72. The van der Waals surface area contributed by atoms with Crippen LogP contribution in [0.3, 0.4) is 0 Å². The fourth-order valence-corrected chi connectivity index (χ4v) is 3.62. The SMILES string of the molecule is COC(=O)C1=C(C)N(Cc2cccnc2)C(=O)/C1=C\c1cccc2ccccc12. The number of hydrogen-bond donors (Lipinski definition) is 0. The minimum absolute atomic E-state index is 0.223. The van der Waals surface area contributed by atoms with E-state index in [0.29, 0.717) is 23.4 Å². The lowest BCUT2D eigenvalue weighted by atomic mass is 9.99. The third-order valence-corrected chi connectivity index (χ3v) is 5.09. The zero-order valence-corrected chi connectivity index (χ0v) is 16.3. The molecule has 3 aromatic rings. The molecule has 0 unspecified atom stereocenters. The molecule has 0 aliphatic carbocycles. The molecule has 2 heterocycles. The van der Waals surface area contributed by atoms with Crippen molar-refractivity contribution in [1.29, 1.82) is 0 Å². The summed E-state index contributed by atoms with van der Waals surface area (Å²) in [5, 5.41) is 2.09. The highest BCUT2D eigenvalue weighted by Crippen LogP contribution is 2.33. The average molecular weight is 384 g/mol. The number of benzene rings is 2. The predicted octanol–water partition coefficient (Wildman–Crippen LogP) is 4.11. The van der Waals surface area contributed by atoms with Gasteiger partial charge in [0, 0.05) is 18.1 Å². The van der Waals surface area contributed by atoms with Crippen LogP contribution < -0.4 is 0 Å². The summed E-state index contributed by atoms with van der Waals surface area (Å²) in [6.07, 6.45) is 5.18. The Labute approximate surface area is 168 Å². The number of fused-ring (bicyclic) bond motifs is 1. The quantitative estimate of drug-likeness (QED) is 0.502. The smallest absolute Gasteiger partial charge is 0.340 e. The summed E-state index contributed by atoms with van der Waals surface area (Å²) in [7, 11) is 1.33. The number of ether oxygens (including phenoxy) is 1. The van der Waals surface area contributed by atoms with Gasteiger partial charge < -0.3 is 9.64 Å². The Bertz CT molecular complexity index is 1160. The maximum atomic E-state index is 13.3. The molecule has 29 heavy (non-hydrogen) atoms. The Kier molecular flexibility index (Phi) is 4.96. The lowest BCUT2D eigenvalue weighted by molar-refractivity contribution is -0.136. The molecule has 0 fully saturated rings. The van der Waals surface area contributed by atoms with E-state index >= 15 is 0 Å². The van der Waals surface area contributed by atoms with E-state index in [4.69, 9.17) is 4.74 Å². The molecule has 5 heteroatoms. The van der Waals surface area contributed by atoms with Crippen LogP contribution in [-0.2, 0) is 20.9 Å². The maximum Gasteiger partial charge on any atom is 0.340 e. The Hall–Kier alpha value is -3.73. The number of carbonyl (C=O) groups is 2. The van der Waals surface area contributed by atoms with Crippen molar-refractivity contribution in [2.75, 3.05) is 7.11 Å². The Morgan fingerprint density at radius 1 is 1.10 bits per heavy atom. The van der Waals surface area contributed by atoms with Crippen LogP contribution in [0, 0.1) is 0 Å². The van der Waals surface area contributed by atoms with E-state index in [0.717, 1.165) is 21.9 Å². The number of allylic oxidation sites excluding steroid dienone is 1. The molecule has 1 aliphatic heterocycles. The third-order valence-electron chi connectivity index (χ3n) is 5.09. The Morgan fingerprint density at radius 3 is 2.66 bits per heavy atom. The highest BCUT2D eigenvalue weighted by molar-refractivity contribution is 6.17. The first-order valence-electron chi connectivity index (χ1n) is 9.30. The van der Waals surface area contributed by atoms with Crippen molar-refractivity contribution in [3.05, 3.63) is 95.0 Å². The van der Waals surface area contributed by atoms with E-state index < -0.39 is 5.97 Å². The summed E-state index contributed by atoms with van der Waals surface area (Å²) in [6, 6.07) is 17.6. The minimum Gasteiger partial charge on any atom is -0.465 e. The van der Waals surface area contributed by atoms with Crippen molar-refractivity contribution < 1.29 is 14.3 Å². The average Bonchev–Trinajstić information content (AvgIpc) is 2.98. The highest BCUT2D eigenvalue weighted by atomic mass is 16.5. The molecule has 0 bridgehead atoms. The van der Waals surface area contributed by atoms with Gasteiger partial charge in [0.15, 0.2) is 0 Å². The summed E-state index contributed by atoms with van der Waals surface area (Å²) in [5.41, 5.74) is 2.99. The first kappa shape index (κ1) is 18.6. The zero-order chi connectivity index (χ0) is 20.4. The van der Waals surface area contributed by atoms with E-state index in [-0.39, 0.29) is 5.91 Å². The Morgan fingerprint density at radius 2 is 1.90 bits per heavy atom. The molecule has 1 aliphatic rings. The Balaban J connectivity index is 1.82. The minimum atomic E-state index is -0.518. The number of rotatable bonds is 4. The molecular formula is C24H20N2O3. The fourth-order valence-electron chi connectivity index (χ4n) is 3.62. The molecule has 4 rings (SSSR count). The summed E-state index contributed by atoms with van der Waals surface area (Å²) < 4.78 is 4.98. The zero-order valence-electron chi connectivity index (χ0n) is 16.3. The van der Waals surface area contributed by atoms with E-state index in [9.17, 15) is 9.59 Å². The van der Waals surface area contributed by atoms with E-state index in [2.05, 4.69) is 4.98 Å². The van der Waals surface area contributed by atoms with E-state index in [1.807, 2.05) is 54.6 Å². The van der Waals surface area contributed by atoms with Crippen molar-refractivity contribution in [3.63, 3.8) is 0 Å². The molecule has 144 valence electrons. The van der Waals surface area contributed by atoms with Crippen LogP contribution in [0.2, 0.25) is 0 Å². The molecule has 0 N–H and O–H groups in total. The van der Waals surface area contributed by atoms with E-state index in [1.165, 1.54) is 7.11 Å². The van der Waals surface area contributed by atoms with Gasteiger partial charge in [-0.3, -0.25) is 9.78 Å². The standard InChI is InChI=1S/C24H20N2O3/c1-16-22(24(28)29-2)21(23(27)26(16)15-17-7-6-12-25-14-17)13-19-10-5-9-18-8-3-4-11-20(18)19/h3-14H,15H2,1-2H3/b21-13-. The molecule has 2 aromatic carbocycles. The van der Waals surface area contributed by atoms with Crippen LogP contribution in [0.15, 0.2) is 83.8 Å². The number of esters is 1. The van der Waals surface area contributed by atoms with Crippen LogP contribution >= 0.6 is 0 Å². The largest absolute Gasteiger partial charge is 0.465 e. The van der Waals surface area contributed by atoms with Crippen molar-refractivity contribution in [1.82, 2.24) is 9.88 Å². The van der Waals surface area contributed by atoms with Crippen LogP contribution in [0.4, 0.5) is 0 Å². The number of hydrogen-bond acceptors (Lipinski definition) is 4. The molecule has 0 spiro atoms. The van der Waals surface area contributed by atoms with Crippen LogP contribution in [0.1, 0.15) is 18.1 Å². The second-order valence-electron chi connectivity index (χ2n) is 6.83. The first-order valence-corrected chi connectivity index (χ1v) is 9.30. The number of aromatic nitrogens is 1. The van der Waals surface area contributed by atoms with Crippen LogP contribution in [0.5, 0.6) is 0 Å². The second-order valence-corrected chi connectivity index (χ2v) is 6.83. The number of amides is 1. The fraction of sp³-hybridized carbons (Fsp3) is 0.125. The third kappa shape index (κ3) is 3.43. The summed E-state index contributed by atoms with van der Waals surface area (Å²) in [6.45, 7) is 2.11. The van der Waals surface area contributed by atoms with Crippen molar-refractivity contribution in [2.45, 2.75) is 13.5 Å². The molecule has 1 aromatic heterocycles. The first-order chi connectivity index (χ1) is 14.1. The predicted molar refractivity (Wildman–Crippen MR) is 111 cm³/mol. The number of methoxy groups -OCH3 is 1. The van der Waals surface area contributed by atoms with Crippen molar-refractivity contribution in [2.24, 2.45) is 0 Å². The van der Waals surface area contributed by atoms with Crippen molar-refractivity contribution in [3.8, 4) is 0 Å². The molecule has 0 radical (unpaired) electrons. The lowest BCUT2D eigenvalue weighted by Crippen LogP contribution is -2.24. The lowest BCUT2D eigenvalue weighted by Gasteiger charge is -2.17. The number of nitrogens with zero attached hydrogens (tertiary/aromatic N) is 2. The van der Waals surface area contributed by atoms with Gasteiger partial charge in [0.1, 0.15) is 0 Å². The summed E-state index contributed by atoms with van der Waals surface area (Å²) >= 11 is 0. The van der Waals surface area contributed by atoms with E-state index in [1.54, 1.807) is 30.3 Å². The number of pyridine rings is 1. The normalized spacial score (nSPS) is 15.4. The van der Waals surface area contributed by atoms with Gasteiger partial charge in [-0.2, -0.15) is 0 Å².